The zero-order valence-electron chi connectivity index (χ0n) is 14.6. The molecule has 0 aliphatic carbocycles. The van der Waals surface area contributed by atoms with E-state index in [0.717, 1.165) is 29.7 Å². The summed E-state index contributed by atoms with van der Waals surface area (Å²) in [7, 11) is 0. The number of carboxylic acids is 1. The molecule has 2 aromatic carbocycles. The second-order valence-corrected chi connectivity index (χ2v) is 6.63. The first kappa shape index (κ1) is 20.6. The zero-order chi connectivity index (χ0) is 18.9. The highest BCUT2D eigenvalue weighted by Gasteiger charge is 2.15. The standard InChI is InChI=1S/C20H22Cl2O4/c1-2-25-19(13-20(23)24)15-6-8-16(9-7-15)26-11-3-4-14-5-10-17(21)18(22)12-14/h5-10,12,19H,2-4,11,13H2,1H3,(H,23,24)/t19-/m0/s1. The predicted molar refractivity (Wildman–Crippen MR) is 103 cm³/mol. The van der Waals surface area contributed by atoms with Gasteiger partial charge in [-0.3, -0.25) is 4.79 Å². The lowest BCUT2D eigenvalue weighted by Gasteiger charge is -2.16. The number of ether oxygens (including phenoxy) is 2. The summed E-state index contributed by atoms with van der Waals surface area (Å²) in [5.41, 5.74) is 1.95. The van der Waals surface area contributed by atoms with Crippen LogP contribution >= 0.6 is 23.2 Å². The molecule has 140 valence electrons. The summed E-state index contributed by atoms with van der Waals surface area (Å²) >= 11 is 11.9. The molecule has 2 rings (SSSR count). The average molecular weight is 397 g/mol. The van der Waals surface area contributed by atoms with E-state index < -0.39 is 12.1 Å². The van der Waals surface area contributed by atoms with Gasteiger partial charge in [0.05, 0.1) is 29.2 Å². The molecule has 2 aromatic rings. The summed E-state index contributed by atoms with van der Waals surface area (Å²) in [5.74, 6) is -0.139. The van der Waals surface area contributed by atoms with Gasteiger partial charge in [0, 0.05) is 6.61 Å². The fourth-order valence-electron chi connectivity index (χ4n) is 2.57. The number of halogens is 2. The molecule has 0 fully saturated rings. The lowest BCUT2D eigenvalue weighted by atomic mass is 10.1. The third-order valence-electron chi connectivity index (χ3n) is 3.84. The Labute approximate surface area is 163 Å². The van der Waals surface area contributed by atoms with Gasteiger partial charge in [-0.1, -0.05) is 41.4 Å². The van der Waals surface area contributed by atoms with Crippen LogP contribution in [-0.2, 0) is 16.0 Å². The van der Waals surface area contributed by atoms with E-state index in [0.29, 0.717) is 23.3 Å². The third-order valence-corrected chi connectivity index (χ3v) is 4.58. The maximum atomic E-state index is 10.9. The quantitative estimate of drug-likeness (QED) is 0.534. The van der Waals surface area contributed by atoms with Crippen LogP contribution < -0.4 is 4.74 Å². The first-order valence-corrected chi connectivity index (χ1v) is 9.25. The number of rotatable bonds is 10. The Hall–Kier alpha value is -1.75. The molecule has 0 unspecified atom stereocenters. The monoisotopic (exact) mass is 396 g/mol. The van der Waals surface area contributed by atoms with Crippen LogP contribution in [-0.4, -0.2) is 24.3 Å². The van der Waals surface area contributed by atoms with E-state index in [1.54, 1.807) is 6.07 Å². The molecule has 6 heteroatoms. The van der Waals surface area contributed by atoms with Crippen LogP contribution in [0.4, 0.5) is 0 Å². The van der Waals surface area contributed by atoms with Gasteiger partial charge in [-0.25, -0.2) is 0 Å². The van der Waals surface area contributed by atoms with E-state index in [1.807, 2.05) is 43.3 Å². The molecule has 0 heterocycles. The number of aryl methyl sites for hydroxylation is 1. The smallest absolute Gasteiger partial charge is 0.306 e. The maximum Gasteiger partial charge on any atom is 0.306 e. The van der Waals surface area contributed by atoms with E-state index in [4.69, 9.17) is 37.8 Å². The number of hydrogen-bond acceptors (Lipinski definition) is 3. The molecule has 0 radical (unpaired) electrons. The van der Waals surface area contributed by atoms with Crippen LogP contribution in [0.25, 0.3) is 0 Å². The number of hydrogen-bond donors (Lipinski definition) is 1. The van der Waals surface area contributed by atoms with Crippen LogP contribution in [0.2, 0.25) is 10.0 Å². The number of carboxylic acid groups (broad SMARTS) is 1. The van der Waals surface area contributed by atoms with Crippen molar-refractivity contribution in [2.45, 2.75) is 32.3 Å². The summed E-state index contributed by atoms with van der Waals surface area (Å²) < 4.78 is 11.2. The topological polar surface area (TPSA) is 55.8 Å². The van der Waals surface area contributed by atoms with Gasteiger partial charge in [-0.15, -0.1) is 0 Å². The molecule has 4 nitrogen and oxygen atoms in total. The molecule has 0 aromatic heterocycles. The van der Waals surface area contributed by atoms with Gasteiger partial charge >= 0.3 is 5.97 Å². The second kappa shape index (κ2) is 10.4. The van der Waals surface area contributed by atoms with Gasteiger partial charge in [-0.2, -0.15) is 0 Å². The summed E-state index contributed by atoms with van der Waals surface area (Å²) in [5, 5.41) is 10.1. The summed E-state index contributed by atoms with van der Waals surface area (Å²) in [6, 6.07) is 13.0. The van der Waals surface area contributed by atoms with Crippen LogP contribution in [0, 0.1) is 0 Å². The van der Waals surface area contributed by atoms with Gasteiger partial charge in [-0.05, 0) is 55.2 Å². The van der Waals surface area contributed by atoms with Crippen molar-refractivity contribution in [1.82, 2.24) is 0 Å². The van der Waals surface area contributed by atoms with E-state index in [2.05, 4.69) is 0 Å². The highest BCUT2D eigenvalue weighted by Crippen LogP contribution is 2.25. The molecule has 0 saturated carbocycles. The highest BCUT2D eigenvalue weighted by molar-refractivity contribution is 6.42. The molecule has 0 spiro atoms. The summed E-state index contributed by atoms with van der Waals surface area (Å²) in [4.78, 5) is 10.9. The van der Waals surface area contributed by atoms with Gasteiger partial charge in [0.2, 0.25) is 0 Å². The minimum absolute atomic E-state index is 0.0578. The predicted octanol–water partition coefficient (Wildman–Crippen LogP) is 5.56. The Bertz CT molecular complexity index is 716. The van der Waals surface area contributed by atoms with Crippen molar-refractivity contribution in [2.24, 2.45) is 0 Å². The average Bonchev–Trinajstić information content (AvgIpc) is 2.61. The first-order valence-electron chi connectivity index (χ1n) is 8.49. The molecule has 1 N–H and O–H groups in total. The molecule has 0 aliphatic heterocycles. The third kappa shape index (κ3) is 6.52. The van der Waals surface area contributed by atoms with Crippen molar-refractivity contribution in [2.75, 3.05) is 13.2 Å². The molecule has 1 atom stereocenters. The van der Waals surface area contributed by atoms with Crippen LogP contribution in [0.3, 0.4) is 0 Å². The second-order valence-electron chi connectivity index (χ2n) is 5.81. The van der Waals surface area contributed by atoms with Gasteiger partial charge < -0.3 is 14.6 Å². The van der Waals surface area contributed by atoms with Crippen molar-refractivity contribution < 1.29 is 19.4 Å². The lowest BCUT2D eigenvalue weighted by molar-refractivity contribution is -0.140. The molecule has 0 saturated heterocycles. The Balaban J connectivity index is 1.82. The Morgan fingerprint density at radius 1 is 1.12 bits per heavy atom. The number of aliphatic carboxylic acids is 1. The SMILES string of the molecule is CCO[C@@H](CC(=O)O)c1ccc(OCCCc2ccc(Cl)c(Cl)c2)cc1. The first-order chi connectivity index (χ1) is 12.5. The Morgan fingerprint density at radius 2 is 1.85 bits per heavy atom. The normalized spacial score (nSPS) is 12.0. The molecule has 0 bridgehead atoms. The number of benzene rings is 2. The molecule has 26 heavy (non-hydrogen) atoms. The van der Waals surface area contributed by atoms with Gasteiger partial charge in [0.25, 0.3) is 0 Å². The highest BCUT2D eigenvalue weighted by atomic mass is 35.5. The summed E-state index contributed by atoms with van der Waals surface area (Å²) in [6.45, 7) is 2.88. The minimum atomic E-state index is -0.883. The van der Waals surface area contributed by atoms with Gasteiger partial charge in [0.1, 0.15) is 5.75 Å². The molecule has 0 amide bonds. The molecular formula is C20H22Cl2O4. The van der Waals surface area contributed by atoms with Crippen LogP contribution in [0.5, 0.6) is 5.75 Å². The van der Waals surface area contributed by atoms with Gasteiger partial charge in [0.15, 0.2) is 0 Å². The number of carbonyl (C=O) groups is 1. The summed E-state index contributed by atoms with van der Waals surface area (Å²) in [6.07, 6.45) is 1.19. The zero-order valence-corrected chi connectivity index (χ0v) is 16.1. The van der Waals surface area contributed by atoms with E-state index in [1.165, 1.54) is 0 Å². The maximum absolute atomic E-state index is 10.9. The van der Waals surface area contributed by atoms with Crippen molar-refractivity contribution in [1.29, 1.82) is 0 Å². The lowest BCUT2D eigenvalue weighted by Crippen LogP contribution is -2.10. The Kier molecular flexibility index (Phi) is 8.23. The minimum Gasteiger partial charge on any atom is -0.494 e. The van der Waals surface area contributed by atoms with Crippen molar-refractivity contribution >= 4 is 29.2 Å². The molecular weight excluding hydrogens is 375 g/mol. The Morgan fingerprint density at radius 3 is 2.46 bits per heavy atom. The van der Waals surface area contributed by atoms with E-state index in [9.17, 15) is 4.79 Å². The van der Waals surface area contributed by atoms with Crippen molar-refractivity contribution in [3.8, 4) is 5.75 Å². The van der Waals surface area contributed by atoms with Crippen molar-refractivity contribution in [3.05, 3.63) is 63.6 Å². The fourth-order valence-corrected chi connectivity index (χ4v) is 2.89. The fraction of sp³-hybridized carbons (Fsp3) is 0.350. The van der Waals surface area contributed by atoms with Crippen molar-refractivity contribution in [3.63, 3.8) is 0 Å². The molecule has 0 aliphatic rings. The van der Waals surface area contributed by atoms with E-state index >= 15 is 0 Å². The van der Waals surface area contributed by atoms with Crippen LogP contribution in [0.15, 0.2) is 42.5 Å². The largest absolute Gasteiger partial charge is 0.494 e. The van der Waals surface area contributed by atoms with E-state index in [-0.39, 0.29) is 6.42 Å². The van der Waals surface area contributed by atoms with Crippen LogP contribution in [0.1, 0.15) is 37.0 Å².